The maximum Gasteiger partial charge on any atom is 0.145 e. The molecule has 1 fully saturated rings. The molecule has 0 amide bonds. The van der Waals surface area contributed by atoms with Crippen LogP contribution in [0.1, 0.15) is 12.8 Å². The van der Waals surface area contributed by atoms with E-state index in [-0.39, 0.29) is 0 Å². The molecular formula is C18H22N2OS2. The van der Waals surface area contributed by atoms with E-state index < -0.39 is 0 Å². The second kappa shape index (κ2) is 7.97. The first-order valence-electron chi connectivity index (χ1n) is 7.85. The number of ether oxygens (including phenoxy) is 1. The number of anilines is 1. The first-order valence-corrected chi connectivity index (χ1v) is 10.1. The van der Waals surface area contributed by atoms with Gasteiger partial charge in [-0.2, -0.15) is 11.8 Å². The van der Waals surface area contributed by atoms with Gasteiger partial charge in [-0.05, 0) is 49.1 Å². The summed E-state index contributed by atoms with van der Waals surface area (Å²) < 4.78 is 5.49. The lowest BCUT2D eigenvalue weighted by Crippen LogP contribution is -2.14. The summed E-state index contributed by atoms with van der Waals surface area (Å²) in [4.78, 5) is 6.03. The molecule has 0 radical (unpaired) electrons. The van der Waals surface area contributed by atoms with E-state index in [1.807, 2.05) is 12.1 Å². The van der Waals surface area contributed by atoms with E-state index in [0.29, 0.717) is 5.25 Å². The van der Waals surface area contributed by atoms with Crippen molar-refractivity contribution >= 4 is 29.3 Å². The second-order valence-electron chi connectivity index (χ2n) is 5.49. The fraction of sp³-hybridized carbons (Fsp3) is 0.389. The molecular weight excluding hydrogens is 324 g/mol. The van der Waals surface area contributed by atoms with Gasteiger partial charge in [0.2, 0.25) is 0 Å². The molecule has 1 saturated heterocycles. The molecule has 2 heterocycles. The number of methoxy groups -OCH3 is 1. The zero-order chi connectivity index (χ0) is 16.1. The van der Waals surface area contributed by atoms with E-state index in [1.54, 1.807) is 18.9 Å². The second-order valence-corrected chi connectivity index (χ2v) is 7.78. The van der Waals surface area contributed by atoms with Crippen molar-refractivity contribution in [2.45, 2.75) is 23.0 Å². The van der Waals surface area contributed by atoms with Gasteiger partial charge in [0.25, 0.3) is 0 Å². The third-order valence-corrected chi connectivity index (χ3v) is 6.12. The first kappa shape index (κ1) is 16.5. The molecule has 1 atom stereocenters. The molecule has 0 saturated carbocycles. The molecule has 0 aliphatic carbocycles. The SMILES string of the molecule is COc1ccc(NCC2CCCS2)nc1-c1ccc(SC)cc1. The van der Waals surface area contributed by atoms with Crippen molar-refractivity contribution < 1.29 is 4.74 Å². The normalized spacial score (nSPS) is 17.2. The molecule has 0 bridgehead atoms. The Hall–Kier alpha value is -1.33. The number of aromatic nitrogens is 1. The van der Waals surface area contributed by atoms with Gasteiger partial charge in [0.1, 0.15) is 17.3 Å². The minimum atomic E-state index is 0.711. The predicted molar refractivity (Wildman–Crippen MR) is 102 cm³/mol. The average molecular weight is 347 g/mol. The monoisotopic (exact) mass is 346 g/mol. The highest BCUT2D eigenvalue weighted by molar-refractivity contribution is 8.00. The van der Waals surface area contributed by atoms with Crippen LogP contribution in [0.5, 0.6) is 5.75 Å². The number of thioether (sulfide) groups is 2. The van der Waals surface area contributed by atoms with Crippen molar-refractivity contribution in [3.63, 3.8) is 0 Å². The fourth-order valence-corrected chi connectivity index (χ4v) is 4.30. The van der Waals surface area contributed by atoms with E-state index in [0.717, 1.165) is 29.4 Å². The van der Waals surface area contributed by atoms with Crippen molar-refractivity contribution in [2.75, 3.05) is 31.0 Å². The first-order chi connectivity index (χ1) is 11.3. The number of hydrogen-bond acceptors (Lipinski definition) is 5. The largest absolute Gasteiger partial charge is 0.494 e. The van der Waals surface area contributed by atoms with Crippen LogP contribution in [0.4, 0.5) is 5.82 Å². The van der Waals surface area contributed by atoms with Crippen LogP contribution in [0.3, 0.4) is 0 Å². The smallest absolute Gasteiger partial charge is 0.145 e. The molecule has 23 heavy (non-hydrogen) atoms. The van der Waals surface area contributed by atoms with Gasteiger partial charge in [-0.25, -0.2) is 4.98 Å². The highest BCUT2D eigenvalue weighted by Crippen LogP contribution is 2.31. The van der Waals surface area contributed by atoms with Crippen LogP contribution in [0.25, 0.3) is 11.3 Å². The van der Waals surface area contributed by atoms with Gasteiger partial charge < -0.3 is 10.1 Å². The zero-order valence-electron chi connectivity index (χ0n) is 13.5. The van der Waals surface area contributed by atoms with E-state index >= 15 is 0 Å². The average Bonchev–Trinajstić information content (AvgIpc) is 3.13. The lowest BCUT2D eigenvalue weighted by Gasteiger charge is -2.14. The van der Waals surface area contributed by atoms with Crippen LogP contribution >= 0.6 is 23.5 Å². The number of rotatable bonds is 6. The van der Waals surface area contributed by atoms with Gasteiger partial charge in [-0.1, -0.05) is 12.1 Å². The summed E-state index contributed by atoms with van der Waals surface area (Å²) in [5.41, 5.74) is 1.97. The molecule has 122 valence electrons. The topological polar surface area (TPSA) is 34.1 Å². The summed E-state index contributed by atoms with van der Waals surface area (Å²) in [7, 11) is 1.69. The fourth-order valence-electron chi connectivity index (χ4n) is 2.69. The Bertz CT molecular complexity index is 640. The summed E-state index contributed by atoms with van der Waals surface area (Å²) in [6.45, 7) is 0.981. The van der Waals surface area contributed by atoms with Crippen molar-refractivity contribution in [1.29, 1.82) is 0 Å². The summed E-state index contributed by atoms with van der Waals surface area (Å²) >= 11 is 3.80. The van der Waals surface area contributed by atoms with E-state index in [4.69, 9.17) is 9.72 Å². The van der Waals surface area contributed by atoms with Crippen LogP contribution in [0.15, 0.2) is 41.3 Å². The predicted octanol–water partition coefficient (Wildman–Crippen LogP) is 4.79. The molecule has 1 aliphatic heterocycles. The molecule has 1 aromatic carbocycles. The minimum absolute atomic E-state index is 0.711. The molecule has 3 rings (SSSR count). The Labute approximate surface area is 146 Å². The number of pyridine rings is 1. The number of benzene rings is 1. The van der Waals surface area contributed by atoms with Crippen LogP contribution in [0, 0.1) is 0 Å². The minimum Gasteiger partial charge on any atom is -0.494 e. The highest BCUT2D eigenvalue weighted by Gasteiger charge is 2.16. The lowest BCUT2D eigenvalue weighted by atomic mass is 10.1. The Morgan fingerprint density at radius 3 is 2.74 bits per heavy atom. The van der Waals surface area contributed by atoms with Gasteiger partial charge in [0.15, 0.2) is 0 Å². The maximum absolute atomic E-state index is 5.49. The molecule has 2 aromatic rings. The molecule has 5 heteroatoms. The Morgan fingerprint density at radius 2 is 2.09 bits per heavy atom. The van der Waals surface area contributed by atoms with Gasteiger partial charge in [0.05, 0.1) is 7.11 Å². The zero-order valence-corrected chi connectivity index (χ0v) is 15.2. The summed E-state index contributed by atoms with van der Waals surface area (Å²) in [6.07, 6.45) is 4.72. The standard InChI is InChI=1S/C18H22N2OS2/c1-21-16-9-10-17(19-12-15-4-3-11-23-15)20-18(16)13-5-7-14(22-2)8-6-13/h5-10,15H,3-4,11-12H2,1-2H3,(H,19,20). The number of nitrogens with zero attached hydrogens (tertiary/aromatic N) is 1. The van der Waals surface area contributed by atoms with Crippen LogP contribution in [-0.2, 0) is 0 Å². The molecule has 3 nitrogen and oxygen atoms in total. The van der Waals surface area contributed by atoms with Crippen molar-refractivity contribution in [2.24, 2.45) is 0 Å². The Kier molecular flexibility index (Phi) is 5.73. The van der Waals surface area contributed by atoms with Gasteiger partial charge in [0, 0.05) is 22.3 Å². The van der Waals surface area contributed by atoms with E-state index in [1.165, 1.54) is 23.5 Å². The Morgan fingerprint density at radius 1 is 1.26 bits per heavy atom. The summed E-state index contributed by atoms with van der Waals surface area (Å²) in [6, 6.07) is 12.4. The third kappa shape index (κ3) is 4.15. The molecule has 0 spiro atoms. The Balaban J connectivity index is 1.80. The van der Waals surface area contributed by atoms with E-state index in [2.05, 4.69) is 47.6 Å². The summed E-state index contributed by atoms with van der Waals surface area (Å²) in [5.74, 6) is 3.01. The van der Waals surface area contributed by atoms with Crippen molar-refractivity contribution in [3.05, 3.63) is 36.4 Å². The van der Waals surface area contributed by atoms with E-state index in [9.17, 15) is 0 Å². The van der Waals surface area contributed by atoms with Gasteiger partial charge in [-0.15, -0.1) is 11.8 Å². The molecule has 1 aliphatic rings. The quantitative estimate of drug-likeness (QED) is 0.761. The van der Waals surface area contributed by atoms with Crippen LogP contribution in [0.2, 0.25) is 0 Å². The summed E-state index contributed by atoms with van der Waals surface area (Å²) in [5, 5.41) is 4.19. The van der Waals surface area contributed by atoms with Gasteiger partial charge in [-0.3, -0.25) is 0 Å². The van der Waals surface area contributed by atoms with Crippen LogP contribution in [-0.4, -0.2) is 35.9 Å². The van der Waals surface area contributed by atoms with Crippen molar-refractivity contribution in [1.82, 2.24) is 4.98 Å². The highest BCUT2D eigenvalue weighted by atomic mass is 32.2. The molecule has 1 N–H and O–H groups in total. The number of nitrogens with one attached hydrogen (secondary N) is 1. The van der Waals surface area contributed by atoms with Crippen molar-refractivity contribution in [3.8, 4) is 17.0 Å². The molecule has 1 unspecified atom stereocenters. The lowest BCUT2D eigenvalue weighted by molar-refractivity contribution is 0.415. The maximum atomic E-state index is 5.49. The van der Waals surface area contributed by atoms with Crippen LogP contribution < -0.4 is 10.1 Å². The molecule has 1 aromatic heterocycles. The van der Waals surface area contributed by atoms with Gasteiger partial charge >= 0.3 is 0 Å². The third-order valence-electron chi connectivity index (χ3n) is 3.98. The number of hydrogen-bond donors (Lipinski definition) is 1.